The molecule has 8 heteroatoms. The van der Waals surface area contributed by atoms with Gasteiger partial charge in [0.15, 0.2) is 9.84 Å². The fourth-order valence-electron chi connectivity index (χ4n) is 1.50. The first-order valence-corrected chi connectivity index (χ1v) is 8.21. The first-order chi connectivity index (χ1) is 9.65. The van der Waals surface area contributed by atoms with Gasteiger partial charge in [-0.2, -0.15) is 0 Å². The van der Waals surface area contributed by atoms with Crippen LogP contribution in [0, 0.1) is 11.7 Å². The van der Waals surface area contributed by atoms with Crippen molar-refractivity contribution < 1.29 is 27.4 Å². The Morgan fingerprint density at radius 2 is 2.05 bits per heavy atom. The van der Waals surface area contributed by atoms with Crippen LogP contribution in [0.1, 0.15) is 24.2 Å². The Bertz CT molecular complexity index is 628. The van der Waals surface area contributed by atoms with Crippen LogP contribution in [0.4, 0.5) is 4.39 Å². The molecule has 0 spiro atoms. The number of rotatable bonds is 7. The first-order valence-electron chi connectivity index (χ1n) is 6.18. The van der Waals surface area contributed by atoms with Crippen molar-refractivity contribution in [3.05, 3.63) is 28.5 Å². The Labute approximate surface area is 127 Å². The molecule has 0 unspecified atom stereocenters. The number of hydrogen-bond donors (Lipinski definition) is 1. The highest BCUT2D eigenvalue weighted by atomic mass is 35.5. The summed E-state index contributed by atoms with van der Waals surface area (Å²) in [5.74, 6) is -2.68. The summed E-state index contributed by atoms with van der Waals surface area (Å²) >= 11 is 5.50. The van der Waals surface area contributed by atoms with E-state index < -0.39 is 37.1 Å². The average Bonchev–Trinajstić information content (AvgIpc) is 2.37. The van der Waals surface area contributed by atoms with Crippen molar-refractivity contribution in [2.45, 2.75) is 18.7 Å². The van der Waals surface area contributed by atoms with Gasteiger partial charge >= 0.3 is 5.97 Å². The van der Waals surface area contributed by atoms with Crippen LogP contribution < -0.4 is 0 Å². The van der Waals surface area contributed by atoms with Crippen molar-refractivity contribution in [3.63, 3.8) is 0 Å². The summed E-state index contributed by atoms with van der Waals surface area (Å²) in [4.78, 5) is 10.5. The summed E-state index contributed by atoms with van der Waals surface area (Å²) in [6.07, 6.45) is 0. The van der Waals surface area contributed by atoms with Gasteiger partial charge in [-0.15, -0.1) is 0 Å². The van der Waals surface area contributed by atoms with Gasteiger partial charge in [0.1, 0.15) is 5.82 Å². The van der Waals surface area contributed by atoms with Gasteiger partial charge in [0.05, 0.1) is 27.8 Å². The zero-order valence-corrected chi connectivity index (χ0v) is 13.2. The van der Waals surface area contributed by atoms with Gasteiger partial charge in [-0.05, 0) is 18.1 Å². The third-order valence-corrected chi connectivity index (χ3v) is 4.58. The lowest BCUT2D eigenvalue weighted by atomic mass is 10.2. The predicted octanol–water partition coefficient (Wildman–Crippen LogP) is 2.62. The van der Waals surface area contributed by atoms with Crippen molar-refractivity contribution in [2.75, 3.05) is 19.0 Å². The lowest BCUT2D eigenvalue weighted by molar-refractivity contribution is 0.0696. The van der Waals surface area contributed by atoms with Crippen LogP contribution in [0.3, 0.4) is 0 Å². The molecule has 0 aliphatic heterocycles. The molecule has 5 nitrogen and oxygen atoms in total. The molecule has 0 fully saturated rings. The van der Waals surface area contributed by atoms with E-state index in [2.05, 4.69) is 0 Å². The van der Waals surface area contributed by atoms with Gasteiger partial charge in [-0.3, -0.25) is 0 Å². The number of halogens is 2. The van der Waals surface area contributed by atoms with Crippen molar-refractivity contribution in [3.8, 4) is 0 Å². The minimum Gasteiger partial charge on any atom is -0.478 e. The van der Waals surface area contributed by atoms with Crippen LogP contribution in [0.2, 0.25) is 5.02 Å². The molecule has 0 heterocycles. The summed E-state index contributed by atoms with van der Waals surface area (Å²) in [6, 6.07) is 1.57. The molecule has 1 N–H and O–H groups in total. The Kier molecular flexibility index (Phi) is 6.12. The molecule has 0 saturated heterocycles. The molecule has 0 amide bonds. The van der Waals surface area contributed by atoms with Crippen molar-refractivity contribution in [2.24, 2.45) is 5.92 Å². The molecule has 1 rings (SSSR count). The number of aromatic carboxylic acids is 1. The van der Waals surface area contributed by atoms with E-state index in [0.717, 1.165) is 6.07 Å². The number of carboxylic acid groups (broad SMARTS) is 1. The number of carboxylic acids is 1. The lowest BCUT2D eigenvalue weighted by Gasteiger charge is -2.09. The van der Waals surface area contributed by atoms with E-state index in [4.69, 9.17) is 21.4 Å². The molecule has 0 atom stereocenters. The maximum Gasteiger partial charge on any atom is 0.337 e. The molecule has 21 heavy (non-hydrogen) atoms. The van der Waals surface area contributed by atoms with Gasteiger partial charge in [0.2, 0.25) is 0 Å². The first kappa shape index (κ1) is 17.9. The van der Waals surface area contributed by atoms with E-state index in [1.807, 2.05) is 13.8 Å². The van der Waals surface area contributed by atoms with E-state index in [9.17, 15) is 17.6 Å². The monoisotopic (exact) mass is 338 g/mol. The molecule has 0 bridgehead atoms. The Morgan fingerprint density at radius 3 is 2.57 bits per heavy atom. The van der Waals surface area contributed by atoms with E-state index in [0.29, 0.717) is 12.7 Å². The second kappa shape index (κ2) is 7.20. The smallest absolute Gasteiger partial charge is 0.337 e. The molecule has 0 aromatic heterocycles. The largest absolute Gasteiger partial charge is 0.478 e. The zero-order valence-electron chi connectivity index (χ0n) is 11.6. The van der Waals surface area contributed by atoms with Crippen molar-refractivity contribution in [1.82, 2.24) is 0 Å². The molecule has 0 radical (unpaired) electrons. The number of carbonyl (C=O) groups is 1. The topological polar surface area (TPSA) is 80.7 Å². The number of ether oxygens (including phenoxy) is 1. The second-order valence-electron chi connectivity index (χ2n) is 4.86. The highest BCUT2D eigenvalue weighted by Crippen LogP contribution is 2.25. The number of sulfone groups is 1. The Balaban J connectivity index is 2.96. The average molecular weight is 339 g/mol. The van der Waals surface area contributed by atoms with Gasteiger partial charge < -0.3 is 9.84 Å². The van der Waals surface area contributed by atoms with Gasteiger partial charge in [0.25, 0.3) is 0 Å². The lowest BCUT2D eigenvalue weighted by Crippen LogP contribution is -2.15. The maximum absolute atomic E-state index is 13.5. The summed E-state index contributed by atoms with van der Waals surface area (Å²) in [6.45, 7) is 4.20. The van der Waals surface area contributed by atoms with E-state index >= 15 is 0 Å². The molecular formula is C13H16ClFO5S. The fourth-order valence-corrected chi connectivity index (χ4v) is 2.85. The highest BCUT2D eigenvalue weighted by Gasteiger charge is 2.21. The molecule has 118 valence electrons. The summed E-state index contributed by atoms with van der Waals surface area (Å²) in [5.41, 5.74) is -0.585. The third-order valence-electron chi connectivity index (χ3n) is 2.54. The SMILES string of the molecule is CC(C)COCCS(=O)(=O)c1cc(F)c(Cl)c(C(=O)O)c1. The Hall–Kier alpha value is -1.18. The molecule has 1 aromatic carbocycles. The number of benzene rings is 1. The van der Waals surface area contributed by atoms with Gasteiger partial charge in [0, 0.05) is 6.61 Å². The van der Waals surface area contributed by atoms with Crippen LogP contribution in [-0.4, -0.2) is 38.5 Å². The third kappa shape index (κ3) is 4.94. The molecule has 0 aliphatic rings. The van der Waals surface area contributed by atoms with Gasteiger partial charge in [-0.25, -0.2) is 17.6 Å². The standard InChI is InChI=1S/C13H16ClFO5S/c1-8(2)7-20-3-4-21(18,19)9-5-10(13(16)17)12(14)11(15)6-9/h5-6,8H,3-4,7H2,1-2H3,(H,16,17). The normalized spacial score (nSPS) is 11.9. The van der Waals surface area contributed by atoms with Crippen LogP contribution >= 0.6 is 11.6 Å². The summed E-state index contributed by atoms with van der Waals surface area (Å²) < 4.78 is 42.8. The van der Waals surface area contributed by atoms with E-state index in [1.54, 1.807) is 0 Å². The summed E-state index contributed by atoms with van der Waals surface area (Å²) in [5, 5.41) is 8.27. The molecule has 0 aliphatic carbocycles. The predicted molar refractivity (Wildman–Crippen MR) is 76.1 cm³/mol. The molecule has 1 aromatic rings. The zero-order chi connectivity index (χ0) is 16.2. The molecule has 0 saturated carbocycles. The van der Waals surface area contributed by atoms with Crippen LogP contribution in [0.15, 0.2) is 17.0 Å². The second-order valence-corrected chi connectivity index (χ2v) is 7.35. The minimum atomic E-state index is -3.84. The van der Waals surface area contributed by atoms with Gasteiger partial charge in [-0.1, -0.05) is 25.4 Å². The maximum atomic E-state index is 13.5. The van der Waals surface area contributed by atoms with Crippen molar-refractivity contribution in [1.29, 1.82) is 0 Å². The van der Waals surface area contributed by atoms with E-state index in [1.165, 1.54) is 0 Å². The minimum absolute atomic E-state index is 0.0484. The quantitative estimate of drug-likeness (QED) is 0.773. The van der Waals surface area contributed by atoms with Crippen molar-refractivity contribution >= 4 is 27.4 Å². The number of hydrogen-bond acceptors (Lipinski definition) is 4. The van der Waals surface area contributed by atoms with Crippen LogP contribution in [0.5, 0.6) is 0 Å². The summed E-state index contributed by atoms with van der Waals surface area (Å²) in [7, 11) is -3.84. The Morgan fingerprint density at radius 1 is 1.43 bits per heavy atom. The highest BCUT2D eigenvalue weighted by molar-refractivity contribution is 7.91. The van der Waals surface area contributed by atoms with E-state index in [-0.39, 0.29) is 18.3 Å². The van der Waals surface area contributed by atoms with Crippen LogP contribution in [0.25, 0.3) is 0 Å². The van der Waals surface area contributed by atoms with Crippen LogP contribution in [-0.2, 0) is 14.6 Å². The fraction of sp³-hybridized carbons (Fsp3) is 0.462. The molecular weight excluding hydrogens is 323 g/mol.